The molecule has 0 saturated heterocycles. The monoisotopic (exact) mass is 395 g/mol. The Hall–Kier alpha value is -1.93. The molecule has 1 aromatic heterocycles. The standard InChI is InChI=1S/C19H20F3N3OS/c20-19(21,22)13-5-3-10(4-6-13)18-25-14(9-27-18)8-24-17(26)15-11-1-2-12(7-11)16(15)23/h3-6,9,11-12,15-16H,1-2,7-8,23H2,(H,24,26). The summed E-state index contributed by atoms with van der Waals surface area (Å²) in [4.78, 5) is 16.9. The molecule has 2 aromatic rings. The van der Waals surface area contributed by atoms with Gasteiger partial charge in [0.05, 0.1) is 23.7 Å². The van der Waals surface area contributed by atoms with Crippen molar-refractivity contribution in [3.63, 3.8) is 0 Å². The molecular formula is C19H20F3N3OS. The van der Waals surface area contributed by atoms with E-state index >= 15 is 0 Å². The van der Waals surface area contributed by atoms with Gasteiger partial charge in [0.25, 0.3) is 0 Å². The number of aromatic nitrogens is 1. The Labute approximate surface area is 159 Å². The number of nitrogens with zero attached hydrogens (tertiary/aromatic N) is 1. The third kappa shape index (κ3) is 3.60. The van der Waals surface area contributed by atoms with Crippen molar-refractivity contribution in [1.29, 1.82) is 0 Å². The maximum absolute atomic E-state index is 12.7. The number of hydrogen-bond donors (Lipinski definition) is 2. The Balaban J connectivity index is 1.38. The lowest BCUT2D eigenvalue weighted by Gasteiger charge is -2.26. The van der Waals surface area contributed by atoms with E-state index in [0.717, 1.165) is 31.4 Å². The minimum Gasteiger partial charge on any atom is -0.350 e. The fraction of sp³-hybridized carbons (Fsp3) is 0.474. The number of nitrogens with one attached hydrogen (secondary N) is 1. The van der Waals surface area contributed by atoms with Gasteiger partial charge in [-0.3, -0.25) is 4.79 Å². The molecule has 2 aliphatic carbocycles. The van der Waals surface area contributed by atoms with Crippen molar-refractivity contribution in [1.82, 2.24) is 10.3 Å². The second-order valence-electron chi connectivity index (χ2n) is 7.37. The summed E-state index contributed by atoms with van der Waals surface area (Å²) in [6.07, 6.45) is -1.10. The van der Waals surface area contributed by atoms with Crippen LogP contribution in [0.4, 0.5) is 13.2 Å². The molecule has 4 unspecified atom stereocenters. The Kier molecular flexibility index (Phi) is 4.71. The highest BCUT2D eigenvalue weighted by atomic mass is 32.1. The Morgan fingerprint density at radius 2 is 1.93 bits per heavy atom. The maximum Gasteiger partial charge on any atom is 0.416 e. The lowest BCUT2D eigenvalue weighted by Crippen LogP contribution is -2.45. The van der Waals surface area contributed by atoms with Gasteiger partial charge in [0.2, 0.25) is 5.91 Å². The van der Waals surface area contributed by atoms with Crippen LogP contribution in [0, 0.1) is 17.8 Å². The third-order valence-electron chi connectivity index (χ3n) is 5.74. The van der Waals surface area contributed by atoms with Crippen LogP contribution in [0.25, 0.3) is 10.6 Å². The molecule has 4 nitrogen and oxygen atoms in total. The topological polar surface area (TPSA) is 68.0 Å². The highest BCUT2D eigenvalue weighted by molar-refractivity contribution is 7.13. The number of carbonyl (C=O) groups excluding carboxylic acids is 1. The third-order valence-corrected chi connectivity index (χ3v) is 6.68. The second kappa shape index (κ2) is 6.91. The molecule has 144 valence electrons. The smallest absolute Gasteiger partial charge is 0.350 e. The largest absolute Gasteiger partial charge is 0.416 e. The van der Waals surface area contributed by atoms with Gasteiger partial charge in [-0.15, -0.1) is 11.3 Å². The van der Waals surface area contributed by atoms with E-state index in [1.807, 2.05) is 5.38 Å². The van der Waals surface area contributed by atoms with E-state index < -0.39 is 11.7 Å². The van der Waals surface area contributed by atoms with Gasteiger partial charge in [-0.1, -0.05) is 12.1 Å². The average molecular weight is 395 g/mol. The van der Waals surface area contributed by atoms with Gasteiger partial charge in [-0.2, -0.15) is 13.2 Å². The number of amides is 1. The van der Waals surface area contributed by atoms with Gasteiger partial charge in [0, 0.05) is 17.0 Å². The molecule has 1 heterocycles. The van der Waals surface area contributed by atoms with Gasteiger partial charge < -0.3 is 11.1 Å². The van der Waals surface area contributed by atoms with Crippen LogP contribution in [-0.2, 0) is 17.5 Å². The molecule has 3 N–H and O–H groups in total. The number of nitrogens with two attached hydrogens (primary N) is 1. The molecule has 2 aliphatic rings. The van der Waals surface area contributed by atoms with E-state index in [9.17, 15) is 18.0 Å². The predicted molar refractivity (Wildman–Crippen MR) is 96.7 cm³/mol. The first-order valence-corrected chi connectivity index (χ1v) is 9.86. The molecule has 4 atom stereocenters. The molecule has 1 amide bonds. The van der Waals surface area contributed by atoms with Crippen LogP contribution in [0.3, 0.4) is 0 Å². The minimum absolute atomic E-state index is 0.0150. The Morgan fingerprint density at radius 3 is 2.56 bits per heavy atom. The van der Waals surface area contributed by atoms with Gasteiger partial charge in [-0.05, 0) is 43.2 Å². The van der Waals surface area contributed by atoms with E-state index in [1.165, 1.54) is 23.5 Å². The number of hydrogen-bond acceptors (Lipinski definition) is 4. The predicted octanol–water partition coefficient (Wildman–Crippen LogP) is 3.82. The van der Waals surface area contributed by atoms with Crippen LogP contribution in [0.15, 0.2) is 29.6 Å². The summed E-state index contributed by atoms with van der Waals surface area (Å²) in [5.41, 5.74) is 6.84. The fourth-order valence-electron chi connectivity index (χ4n) is 4.34. The zero-order chi connectivity index (χ0) is 19.2. The van der Waals surface area contributed by atoms with Crippen LogP contribution >= 0.6 is 11.3 Å². The first-order chi connectivity index (χ1) is 12.8. The van der Waals surface area contributed by atoms with Crippen molar-refractivity contribution >= 4 is 17.2 Å². The molecule has 2 fully saturated rings. The SMILES string of the molecule is NC1C2CCC(C2)C1C(=O)NCc1csc(-c2ccc(C(F)(F)F)cc2)n1. The number of benzene rings is 1. The average Bonchev–Trinajstić information content (AvgIpc) is 3.35. The number of fused-ring (bicyclic) bond motifs is 2. The minimum atomic E-state index is -4.35. The highest BCUT2D eigenvalue weighted by Gasteiger charge is 2.48. The van der Waals surface area contributed by atoms with E-state index in [2.05, 4.69) is 10.3 Å². The lowest BCUT2D eigenvalue weighted by atomic mass is 9.84. The van der Waals surface area contributed by atoms with Crippen LogP contribution in [0.1, 0.15) is 30.5 Å². The highest BCUT2D eigenvalue weighted by Crippen LogP contribution is 2.47. The van der Waals surface area contributed by atoms with E-state index in [1.54, 1.807) is 0 Å². The molecule has 2 bridgehead atoms. The molecule has 4 rings (SSSR count). The van der Waals surface area contributed by atoms with Gasteiger partial charge in [-0.25, -0.2) is 4.98 Å². The van der Waals surface area contributed by atoms with E-state index in [4.69, 9.17) is 5.73 Å². The summed E-state index contributed by atoms with van der Waals surface area (Å²) in [5.74, 6) is 0.731. The number of rotatable bonds is 4. The first-order valence-electron chi connectivity index (χ1n) is 8.98. The van der Waals surface area contributed by atoms with Crippen LogP contribution < -0.4 is 11.1 Å². The summed E-state index contributed by atoms with van der Waals surface area (Å²) < 4.78 is 38.0. The van der Waals surface area contributed by atoms with Crippen molar-refractivity contribution in [3.8, 4) is 10.6 Å². The van der Waals surface area contributed by atoms with Crippen molar-refractivity contribution in [2.45, 2.75) is 38.0 Å². The summed E-state index contributed by atoms with van der Waals surface area (Å²) in [6.45, 7) is 0.302. The lowest BCUT2D eigenvalue weighted by molar-refractivity contribution is -0.137. The summed E-state index contributed by atoms with van der Waals surface area (Å²) in [7, 11) is 0. The normalized spacial score (nSPS) is 27.1. The Bertz CT molecular complexity index is 831. The van der Waals surface area contributed by atoms with E-state index in [0.29, 0.717) is 34.6 Å². The number of alkyl halides is 3. The van der Waals surface area contributed by atoms with Crippen LogP contribution in [0.2, 0.25) is 0 Å². The number of carbonyl (C=O) groups is 1. The van der Waals surface area contributed by atoms with Crippen molar-refractivity contribution < 1.29 is 18.0 Å². The molecule has 0 spiro atoms. The molecule has 2 saturated carbocycles. The molecule has 1 aromatic carbocycles. The fourth-order valence-corrected chi connectivity index (χ4v) is 5.17. The molecule has 0 aliphatic heterocycles. The quantitative estimate of drug-likeness (QED) is 0.827. The maximum atomic E-state index is 12.7. The number of halogens is 3. The summed E-state index contributed by atoms with van der Waals surface area (Å²) in [5, 5.41) is 5.37. The second-order valence-corrected chi connectivity index (χ2v) is 8.23. The Morgan fingerprint density at radius 1 is 1.22 bits per heavy atom. The molecular weight excluding hydrogens is 375 g/mol. The molecule has 8 heteroatoms. The van der Waals surface area contributed by atoms with Crippen LogP contribution in [0.5, 0.6) is 0 Å². The van der Waals surface area contributed by atoms with Gasteiger partial charge >= 0.3 is 6.18 Å². The summed E-state index contributed by atoms with van der Waals surface area (Å²) in [6, 6.07) is 4.88. The molecule has 0 radical (unpaired) electrons. The van der Waals surface area contributed by atoms with Crippen molar-refractivity contribution in [2.75, 3.05) is 0 Å². The van der Waals surface area contributed by atoms with Crippen LogP contribution in [-0.4, -0.2) is 16.9 Å². The zero-order valence-corrected chi connectivity index (χ0v) is 15.3. The zero-order valence-electron chi connectivity index (χ0n) is 14.5. The number of thiazole rings is 1. The van der Waals surface area contributed by atoms with Gasteiger partial charge in [0.1, 0.15) is 5.01 Å². The van der Waals surface area contributed by atoms with E-state index in [-0.39, 0.29) is 17.9 Å². The van der Waals surface area contributed by atoms with Crippen molar-refractivity contribution in [3.05, 3.63) is 40.9 Å². The first kappa shape index (κ1) is 18.4. The van der Waals surface area contributed by atoms with Crippen molar-refractivity contribution in [2.24, 2.45) is 23.5 Å². The van der Waals surface area contributed by atoms with Gasteiger partial charge in [0.15, 0.2) is 0 Å². The molecule has 27 heavy (non-hydrogen) atoms. The summed E-state index contributed by atoms with van der Waals surface area (Å²) >= 11 is 1.34.